The summed E-state index contributed by atoms with van der Waals surface area (Å²) in [5, 5.41) is 29.5. The van der Waals surface area contributed by atoms with E-state index in [0.29, 0.717) is 28.8 Å². The predicted octanol–water partition coefficient (Wildman–Crippen LogP) is 8.01. The fraction of sp³-hybridized carbons (Fsp3) is 0.407. The second-order valence-electron chi connectivity index (χ2n) is 19.6. The quantitative estimate of drug-likeness (QED) is 0.0538. The van der Waals surface area contributed by atoms with Crippen LogP contribution in [0.1, 0.15) is 90.5 Å². The standard InChI is InChI=1S/C54H61ClFN9O8S2/c1-30-32(3)75-53-46(30)47(35-13-15-37(55)16-14-35)60-41(50-63-62-33(4)65(50)53)25-44(67)59-38-17-18-40(56)43(23-38)73-22-21-71-19-8-20-72-28-45(68)61-49(54(5,6)7)52(70)64-27-39(66)24-42(64)51(69)57-26-34-9-11-36(12-10-34)48-31(2)58-29-74-48/h9-18,23,29,39,41-42,49,66H,8,19-22,24-28H2,1-7H3,(H,57,69)(H,59,67)(H,61,68)/t39-,41+,42+,49?/m1/s1. The van der Waals surface area contributed by atoms with Gasteiger partial charge in [-0.15, -0.1) is 32.9 Å². The number of nitrogens with zero attached hydrogens (tertiary/aromatic N) is 6. The highest BCUT2D eigenvalue weighted by molar-refractivity contribution is 7.15. The van der Waals surface area contributed by atoms with Gasteiger partial charge in [0, 0.05) is 65.5 Å². The van der Waals surface area contributed by atoms with E-state index in [1.165, 1.54) is 23.1 Å². The van der Waals surface area contributed by atoms with Crippen molar-refractivity contribution in [2.45, 2.75) is 98.5 Å². The van der Waals surface area contributed by atoms with Crippen molar-refractivity contribution >= 4 is 69.3 Å². The molecule has 396 valence electrons. The zero-order valence-corrected chi connectivity index (χ0v) is 45.3. The summed E-state index contributed by atoms with van der Waals surface area (Å²) in [7, 11) is 0. The van der Waals surface area contributed by atoms with Crippen LogP contribution >= 0.6 is 34.3 Å². The number of benzene rings is 3. The maximum Gasteiger partial charge on any atom is 0.246 e. The number of thiazole rings is 1. The molecule has 2 aliphatic rings. The van der Waals surface area contributed by atoms with E-state index in [9.17, 15) is 28.7 Å². The summed E-state index contributed by atoms with van der Waals surface area (Å²) in [4.78, 5) is 67.3. The van der Waals surface area contributed by atoms with E-state index in [1.807, 2.05) is 75.6 Å². The number of fused-ring (bicyclic) bond motifs is 3. The molecular weight excluding hydrogens is 1020 g/mol. The maximum absolute atomic E-state index is 14.9. The zero-order valence-electron chi connectivity index (χ0n) is 42.9. The van der Waals surface area contributed by atoms with Crippen LogP contribution in [0.25, 0.3) is 15.4 Å². The summed E-state index contributed by atoms with van der Waals surface area (Å²) in [6.07, 6.45) is -0.473. The van der Waals surface area contributed by atoms with Crippen LogP contribution in [-0.4, -0.2) is 117 Å². The third kappa shape index (κ3) is 13.2. The number of halogens is 2. The molecule has 8 rings (SSSR count). The first-order valence-electron chi connectivity index (χ1n) is 24.6. The van der Waals surface area contributed by atoms with Gasteiger partial charge in [0.05, 0.1) is 40.9 Å². The Balaban J connectivity index is 0.763. The lowest BCUT2D eigenvalue weighted by Crippen LogP contribution is -2.58. The zero-order chi connectivity index (χ0) is 53.6. The summed E-state index contributed by atoms with van der Waals surface area (Å²) < 4.78 is 33.8. The van der Waals surface area contributed by atoms with E-state index in [4.69, 9.17) is 30.8 Å². The lowest BCUT2D eigenvalue weighted by Gasteiger charge is -2.35. The minimum absolute atomic E-state index is 0.0147. The van der Waals surface area contributed by atoms with E-state index in [-0.39, 0.29) is 70.6 Å². The molecule has 4 amide bonds. The van der Waals surface area contributed by atoms with Crippen molar-refractivity contribution in [1.29, 1.82) is 0 Å². The number of rotatable bonds is 20. The van der Waals surface area contributed by atoms with Gasteiger partial charge in [-0.2, -0.15) is 0 Å². The fourth-order valence-corrected chi connectivity index (χ4v) is 11.1. The molecule has 0 radical (unpaired) electrons. The Morgan fingerprint density at radius 3 is 2.37 bits per heavy atom. The first-order chi connectivity index (χ1) is 35.9. The molecule has 2 aliphatic heterocycles. The van der Waals surface area contributed by atoms with Crippen LogP contribution in [0.3, 0.4) is 0 Å². The second-order valence-corrected chi connectivity index (χ2v) is 22.1. The van der Waals surface area contributed by atoms with E-state index in [1.54, 1.807) is 40.3 Å². The number of thiophene rings is 1. The summed E-state index contributed by atoms with van der Waals surface area (Å²) >= 11 is 9.43. The number of hydrogen-bond acceptors (Lipinski definition) is 14. The number of carbonyl (C=O) groups excluding carboxylic acids is 4. The number of β-amino-alcohol motifs (C(OH)–C–C–N with tert-alkyl or cyclic N) is 1. The molecule has 1 saturated heterocycles. The smallest absolute Gasteiger partial charge is 0.246 e. The Kier molecular flexibility index (Phi) is 17.6. The van der Waals surface area contributed by atoms with Gasteiger partial charge in [-0.3, -0.25) is 28.7 Å². The molecule has 6 aromatic rings. The number of aliphatic hydroxyl groups is 1. The molecule has 17 nitrogen and oxygen atoms in total. The van der Waals surface area contributed by atoms with Crippen LogP contribution in [0.2, 0.25) is 5.02 Å². The van der Waals surface area contributed by atoms with Crippen molar-refractivity contribution < 1.29 is 42.9 Å². The molecule has 3 aromatic heterocycles. The average Bonchev–Trinajstić information content (AvgIpc) is 4.14. The van der Waals surface area contributed by atoms with Gasteiger partial charge >= 0.3 is 0 Å². The van der Waals surface area contributed by atoms with E-state index < -0.39 is 53.2 Å². The highest BCUT2D eigenvalue weighted by Crippen LogP contribution is 2.40. The number of amides is 4. The highest BCUT2D eigenvalue weighted by Gasteiger charge is 2.44. The SMILES string of the molecule is Cc1ncsc1-c1ccc(CNC(=O)[C@@H]2C[C@@H](O)CN2C(=O)C(NC(=O)COCCCOCCOc2cc(NC(=O)C[C@@H]3N=C(c4ccc(Cl)cc4)c4c(sc(C)c4C)-n4c(C)nnc43)ccc2F)C(C)(C)C)cc1. The van der Waals surface area contributed by atoms with E-state index in [2.05, 4.69) is 45.0 Å². The lowest BCUT2D eigenvalue weighted by atomic mass is 9.85. The first-order valence-corrected chi connectivity index (χ1v) is 26.7. The van der Waals surface area contributed by atoms with Gasteiger partial charge in [0.25, 0.3) is 0 Å². The van der Waals surface area contributed by atoms with Crippen molar-refractivity contribution in [2.24, 2.45) is 10.4 Å². The van der Waals surface area contributed by atoms with E-state index >= 15 is 0 Å². The largest absolute Gasteiger partial charge is 0.488 e. The molecule has 3 aromatic carbocycles. The Labute approximate surface area is 447 Å². The number of anilines is 1. The number of carbonyl (C=O) groups is 4. The Morgan fingerprint density at radius 1 is 0.920 bits per heavy atom. The second kappa shape index (κ2) is 24.1. The minimum Gasteiger partial charge on any atom is -0.488 e. The molecule has 0 bridgehead atoms. The molecular formula is C54H61ClFN9O8S2. The topological polar surface area (TPSA) is 211 Å². The van der Waals surface area contributed by atoms with Crippen LogP contribution in [0, 0.1) is 38.9 Å². The number of likely N-dealkylation sites (tertiary alicyclic amines) is 1. The third-order valence-electron chi connectivity index (χ3n) is 13.0. The molecule has 75 heavy (non-hydrogen) atoms. The van der Waals surface area contributed by atoms with Gasteiger partial charge in [-0.25, -0.2) is 9.37 Å². The van der Waals surface area contributed by atoms with Crippen LogP contribution in [0.4, 0.5) is 10.1 Å². The predicted molar refractivity (Wildman–Crippen MR) is 286 cm³/mol. The molecule has 4 atom stereocenters. The summed E-state index contributed by atoms with van der Waals surface area (Å²) in [5.41, 5.74) is 7.84. The number of ether oxygens (including phenoxy) is 3. The molecule has 1 unspecified atom stereocenters. The first kappa shape index (κ1) is 54.8. The maximum atomic E-state index is 14.9. The van der Waals surface area contributed by atoms with Crippen molar-refractivity contribution in [3.8, 4) is 21.2 Å². The van der Waals surface area contributed by atoms with Crippen LogP contribution in [0.15, 0.2) is 77.2 Å². The molecule has 0 saturated carbocycles. The van der Waals surface area contributed by atoms with Gasteiger partial charge in [-0.1, -0.05) is 68.8 Å². The van der Waals surface area contributed by atoms with Gasteiger partial charge in [0.2, 0.25) is 23.6 Å². The summed E-state index contributed by atoms with van der Waals surface area (Å²) in [5.74, 6) is -1.24. The Hall–Kier alpha value is -6.42. The van der Waals surface area contributed by atoms with Crippen molar-refractivity contribution in [2.75, 3.05) is 44.9 Å². The minimum atomic E-state index is -1.00. The number of aliphatic hydroxyl groups excluding tert-OH is 1. The number of aryl methyl sites for hydroxylation is 3. The van der Waals surface area contributed by atoms with Crippen LogP contribution in [0.5, 0.6) is 5.75 Å². The summed E-state index contributed by atoms with van der Waals surface area (Å²) in [6.45, 7) is 13.8. The average molecular weight is 1080 g/mol. The number of hydrogen-bond donors (Lipinski definition) is 4. The molecule has 0 aliphatic carbocycles. The molecule has 4 N–H and O–H groups in total. The van der Waals surface area contributed by atoms with Crippen molar-refractivity contribution in [3.63, 3.8) is 0 Å². The van der Waals surface area contributed by atoms with Crippen molar-refractivity contribution in [1.82, 2.24) is 35.3 Å². The van der Waals surface area contributed by atoms with Gasteiger partial charge in [0.1, 0.15) is 42.2 Å². The summed E-state index contributed by atoms with van der Waals surface area (Å²) in [6, 6.07) is 16.7. The fourth-order valence-electron chi connectivity index (χ4n) is 8.94. The number of aliphatic imine (C=N–C) groups is 1. The normalized spacial score (nSPS) is 16.6. The number of nitrogens with one attached hydrogen (secondary N) is 3. The molecule has 0 spiro atoms. The molecule has 21 heteroatoms. The van der Waals surface area contributed by atoms with Crippen molar-refractivity contribution in [3.05, 3.63) is 128 Å². The van der Waals surface area contributed by atoms with Gasteiger partial charge < -0.3 is 40.2 Å². The van der Waals surface area contributed by atoms with Crippen LogP contribution < -0.4 is 20.7 Å². The monoisotopic (exact) mass is 1080 g/mol. The Bertz CT molecular complexity index is 3060. The highest BCUT2D eigenvalue weighted by atomic mass is 35.5. The van der Waals surface area contributed by atoms with Gasteiger partial charge in [0.15, 0.2) is 17.4 Å². The molecule has 5 heterocycles. The van der Waals surface area contributed by atoms with Gasteiger partial charge in [-0.05, 0) is 80.5 Å². The third-order valence-corrected chi connectivity index (χ3v) is 15.4. The molecule has 1 fully saturated rings. The Morgan fingerprint density at radius 2 is 1.65 bits per heavy atom. The van der Waals surface area contributed by atoms with E-state index in [0.717, 1.165) is 54.0 Å². The number of aromatic nitrogens is 4. The lowest BCUT2D eigenvalue weighted by molar-refractivity contribution is -0.144. The van der Waals surface area contributed by atoms with Crippen LogP contribution in [-0.2, 0) is 35.2 Å².